The highest BCUT2D eigenvalue weighted by Gasteiger charge is 2.32. The van der Waals surface area contributed by atoms with Gasteiger partial charge in [0.1, 0.15) is 0 Å². The Balaban J connectivity index is 2.44. The van der Waals surface area contributed by atoms with E-state index in [9.17, 15) is 13.2 Å². The SMILES string of the molecule is FC(F)(F)c1cnn(-c2ncccc2Cl)c1. The lowest BCUT2D eigenvalue weighted by Gasteiger charge is -2.02. The van der Waals surface area contributed by atoms with Crippen LogP contribution in [-0.4, -0.2) is 14.8 Å². The number of alkyl halides is 3. The number of nitrogens with zero attached hydrogens (tertiary/aromatic N) is 3. The molecule has 0 fully saturated rings. The monoisotopic (exact) mass is 247 g/mol. The van der Waals surface area contributed by atoms with Crippen LogP contribution in [0.3, 0.4) is 0 Å². The topological polar surface area (TPSA) is 30.7 Å². The molecule has 84 valence electrons. The Morgan fingerprint density at radius 2 is 2.06 bits per heavy atom. The predicted molar refractivity (Wildman–Crippen MR) is 51.4 cm³/mol. The van der Waals surface area contributed by atoms with E-state index in [-0.39, 0.29) is 10.8 Å². The molecule has 2 heterocycles. The summed E-state index contributed by atoms with van der Waals surface area (Å²) in [6.07, 6.45) is -1.42. The van der Waals surface area contributed by atoms with E-state index in [1.807, 2.05) is 0 Å². The molecule has 0 saturated carbocycles. The van der Waals surface area contributed by atoms with Crippen LogP contribution in [0.1, 0.15) is 5.56 Å². The lowest BCUT2D eigenvalue weighted by molar-refractivity contribution is -0.137. The molecule has 0 aliphatic carbocycles. The van der Waals surface area contributed by atoms with Crippen molar-refractivity contribution in [1.29, 1.82) is 0 Å². The first-order valence-electron chi connectivity index (χ1n) is 4.21. The predicted octanol–water partition coefficient (Wildman–Crippen LogP) is 2.94. The van der Waals surface area contributed by atoms with Gasteiger partial charge in [0.05, 0.1) is 16.8 Å². The van der Waals surface area contributed by atoms with E-state index in [1.54, 1.807) is 6.07 Å². The highest BCUT2D eigenvalue weighted by atomic mass is 35.5. The van der Waals surface area contributed by atoms with Crippen molar-refractivity contribution in [3.8, 4) is 5.82 Å². The second-order valence-electron chi connectivity index (χ2n) is 2.98. The van der Waals surface area contributed by atoms with E-state index in [0.29, 0.717) is 0 Å². The zero-order valence-electron chi connectivity index (χ0n) is 7.74. The van der Waals surface area contributed by atoms with Gasteiger partial charge in [0, 0.05) is 12.4 Å². The minimum absolute atomic E-state index is 0.166. The van der Waals surface area contributed by atoms with Crippen LogP contribution in [0.25, 0.3) is 5.82 Å². The van der Waals surface area contributed by atoms with Crippen LogP contribution in [0.4, 0.5) is 13.2 Å². The summed E-state index contributed by atoms with van der Waals surface area (Å²) in [6.45, 7) is 0. The molecule has 0 N–H and O–H groups in total. The molecule has 0 saturated heterocycles. The van der Waals surface area contributed by atoms with Gasteiger partial charge in [-0.2, -0.15) is 18.3 Å². The highest BCUT2D eigenvalue weighted by Crippen LogP contribution is 2.29. The molecule has 2 aromatic rings. The molecule has 0 bridgehead atoms. The minimum atomic E-state index is -4.42. The normalized spacial score (nSPS) is 11.8. The Labute approximate surface area is 93.5 Å². The Morgan fingerprint density at radius 3 is 2.62 bits per heavy atom. The number of halogens is 4. The fourth-order valence-electron chi connectivity index (χ4n) is 1.13. The second kappa shape index (κ2) is 3.79. The second-order valence-corrected chi connectivity index (χ2v) is 3.39. The largest absolute Gasteiger partial charge is 0.419 e. The zero-order chi connectivity index (χ0) is 11.8. The number of hydrogen-bond acceptors (Lipinski definition) is 2. The minimum Gasteiger partial charge on any atom is -0.236 e. The molecule has 0 atom stereocenters. The molecule has 2 aromatic heterocycles. The first-order valence-corrected chi connectivity index (χ1v) is 4.59. The summed E-state index contributed by atoms with van der Waals surface area (Å²) in [4.78, 5) is 3.85. The van der Waals surface area contributed by atoms with Crippen LogP contribution in [-0.2, 0) is 6.18 Å². The number of rotatable bonds is 1. The van der Waals surface area contributed by atoms with Crippen LogP contribution in [0, 0.1) is 0 Å². The lowest BCUT2D eigenvalue weighted by Crippen LogP contribution is -2.03. The van der Waals surface area contributed by atoms with E-state index in [0.717, 1.165) is 17.1 Å². The molecule has 0 spiro atoms. The summed E-state index contributed by atoms with van der Waals surface area (Å²) in [7, 11) is 0. The summed E-state index contributed by atoms with van der Waals surface area (Å²) in [6, 6.07) is 3.11. The molecule has 0 radical (unpaired) electrons. The number of hydrogen-bond donors (Lipinski definition) is 0. The Morgan fingerprint density at radius 1 is 1.31 bits per heavy atom. The zero-order valence-corrected chi connectivity index (χ0v) is 8.50. The summed E-state index contributed by atoms with van der Waals surface area (Å²) in [5.74, 6) is 0.166. The molecule has 0 aliphatic heterocycles. The molecule has 2 rings (SSSR count). The summed E-state index contributed by atoms with van der Waals surface area (Å²) < 4.78 is 37.9. The molecule has 16 heavy (non-hydrogen) atoms. The summed E-state index contributed by atoms with van der Waals surface area (Å²) >= 11 is 5.78. The van der Waals surface area contributed by atoms with E-state index < -0.39 is 11.7 Å². The van der Waals surface area contributed by atoms with Gasteiger partial charge in [0.2, 0.25) is 0 Å². The van der Waals surface area contributed by atoms with Crippen molar-refractivity contribution in [2.75, 3.05) is 0 Å². The molecule has 3 nitrogen and oxygen atoms in total. The van der Waals surface area contributed by atoms with Gasteiger partial charge in [0.25, 0.3) is 0 Å². The first kappa shape index (κ1) is 10.9. The molecular weight excluding hydrogens is 243 g/mol. The fraction of sp³-hybridized carbons (Fsp3) is 0.111. The van der Waals surface area contributed by atoms with Crippen LogP contribution in [0.5, 0.6) is 0 Å². The van der Waals surface area contributed by atoms with Crippen LogP contribution in [0.15, 0.2) is 30.7 Å². The van der Waals surface area contributed by atoms with Gasteiger partial charge in [-0.1, -0.05) is 11.6 Å². The Bertz CT molecular complexity index is 507. The van der Waals surface area contributed by atoms with E-state index in [1.165, 1.54) is 12.3 Å². The van der Waals surface area contributed by atoms with E-state index in [2.05, 4.69) is 10.1 Å². The maximum Gasteiger partial charge on any atom is 0.419 e. The molecule has 0 aliphatic rings. The number of pyridine rings is 1. The van der Waals surface area contributed by atoms with Gasteiger partial charge in [-0.25, -0.2) is 9.67 Å². The third-order valence-corrected chi connectivity index (χ3v) is 2.16. The quantitative estimate of drug-likeness (QED) is 0.776. The van der Waals surface area contributed by atoms with Crippen molar-refractivity contribution in [3.05, 3.63) is 41.3 Å². The van der Waals surface area contributed by atoms with Gasteiger partial charge in [-0.05, 0) is 12.1 Å². The van der Waals surface area contributed by atoms with Crippen molar-refractivity contribution in [2.24, 2.45) is 0 Å². The van der Waals surface area contributed by atoms with Gasteiger partial charge in [0.15, 0.2) is 5.82 Å². The van der Waals surface area contributed by atoms with Gasteiger partial charge in [-0.3, -0.25) is 0 Å². The van der Waals surface area contributed by atoms with Crippen LogP contribution >= 0.6 is 11.6 Å². The highest BCUT2D eigenvalue weighted by molar-refractivity contribution is 6.32. The van der Waals surface area contributed by atoms with Crippen molar-refractivity contribution in [2.45, 2.75) is 6.18 Å². The average molecular weight is 248 g/mol. The Kier molecular flexibility index (Phi) is 2.59. The molecular formula is C9H5ClF3N3. The molecule has 0 aromatic carbocycles. The van der Waals surface area contributed by atoms with Crippen LogP contribution < -0.4 is 0 Å². The maximum atomic E-state index is 12.3. The van der Waals surface area contributed by atoms with Crippen molar-refractivity contribution >= 4 is 11.6 Å². The summed E-state index contributed by atoms with van der Waals surface area (Å²) in [5, 5.41) is 3.80. The van der Waals surface area contributed by atoms with Crippen molar-refractivity contribution < 1.29 is 13.2 Å². The molecule has 0 unspecified atom stereocenters. The van der Waals surface area contributed by atoms with Crippen molar-refractivity contribution in [1.82, 2.24) is 14.8 Å². The smallest absolute Gasteiger partial charge is 0.236 e. The number of aromatic nitrogens is 3. The first-order chi connectivity index (χ1) is 7.48. The van der Waals surface area contributed by atoms with Crippen molar-refractivity contribution in [3.63, 3.8) is 0 Å². The Hall–Kier alpha value is -1.56. The average Bonchev–Trinajstić information content (AvgIpc) is 2.66. The third kappa shape index (κ3) is 2.01. The lowest BCUT2D eigenvalue weighted by atomic mass is 10.3. The van der Waals surface area contributed by atoms with E-state index in [4.69, 9.17) is 11.6 Å². The van der Waals surface area contributed by atoms with Gasteiger partial charge in [-0.15, -0.1) is 0 Å². The fourth-order valence-corrected chi connectivity index (χ4v) is 1.34. The van der Waals surface area contributed by atoms with Gasteiger partial charge >= 0.3 is 6.18 Å². The van der Waals surface area contributed by atoms with Gasteiger partial charge < -0.3 is 0 Å². The summed E-state index contributed by atoms with van der Waals surface area (Å²) in [5.41, 5.74) is -0.839. The molecule has 7 heteroatoms. The third-order valence-electron chi connectivity index (χ3n) is 1.87. The standard InChI is InChI=1S/C9H5ClF3N3/c10-7-2-1-3-14-8(7)16-5-6(4-15-16)9(11,12)13/h1-5H. The maximum absolute atomic E-state index is 12.3. The van der Waals surface area contributed by atoms with E-state index >= 15 is 0 Å². The molecule has 0 amide bonds. The van der Waals surface area contributed by atoms with Crippen LogP contribution in [0.2, 0.25) is 5.02 Å².